The molecule has 0 rings (SSSR count). The van der Waals surface area contributed by atoms with Crippen LogP contribution in [-0.2, 0) is 4.79 Å². The minimum absolute atomic E-state index is 0.751. The van der Waals surface area contributed by atoms with Crippen LogP contribution in [0.5, 0.6) is 0 Å². The second-order valence-corrected chi connectivity index (χ2v) is 3.79. The summed E-state index contributed by atoms with van der Waals surface area (Å²) in [6, 6.07) is 0. The maximum atomic E-state index is 10.0. The number of unbranched alkanes of at least 4 members (excludes halogenated alkanes) is 8. The molecule has 0 saturated heterocycles. The number of carbonyl (C=O) groups excluding carboxylic acids is 1. The van der Waals surface area contributed by atoms with Crippen molar-refractivity contribution in [3.8, 4) is 0 Å². The van der Waals surface area contributed by atoms with E-state index in [1.165, 1.54) is 44.9 Å². The molecular formula is C13H24O. The van der Waals surface area contributed by atoms with E-state index in [2.05, 4.69) is 19.1 Å². The van der Waals surface area contributed by atoms with Crippen molar-refractivity contribution in [2.45, 2.75) is 64.7 Å². The van der Waals surface area contributed by atoms with E-state index in [9.17, 15) is 4.79 Å². The van der Waals surface area contributed by atoms with Crippen LogP contribution in [0.1, 0.15) is 64.7 Å². The molecule has 0 fully saturated rings. The average Bonchev–Trinajstić information content (AvgIpc) is 2.21. The van der Waals surface area contributed by atoms with Gasteiger partial charge >= 0.3 is 0 Å². The average molecular weight is 196 g/mol. The highest BCUT2D eigenvalue weighted by Gasteiger charge is 1.90. The van der Waals surface area contributed by atoms with Crippen LogP contribution in [0.15, 0.2) is 12.2 Å². The predicted octanol–water partition coefficient (Wildman–Crippen LogP) is 4.27. The second kappa shape index (κ2) is 12.4. The molecule has 82 valence electrons. The third kappa shape index (κ3) is 11.4. The van der Waals surface area contributed by atoms with E-state index in [1.807, 2.05) is 0 Å². The highest BCUT2D eigenvalue weighted by Crippen LogP contribution is 2.09. The normalized spacial score (nSPS) is 10.9. The standard InChI is InChI=1S/C13H24O/c1-2-3-4-5-6-7-8-9-10-11-12-13-14/h2-3,13H,4-12H2,1H3. The van der Waals surface area contributed by atoms with Gasteiger partial charge in [-0.25, -0.2) is 0 Å². The minimum atomic E-state index is 0.751. The number of carbonyl (C=O) groups is 1. The number of hydrogen-bond acceptors (Lipinski definition) is 1. The Balaban J connectivity index is 2.88. The lowest BCUT2D eigenvalue weighted by Crippen LogP contribution is -1.81. The van der Waals surface area contributed by atoms with Gasteiger partial charge < -0.3 is 4.79 Å². The number of rotatable bonds is 10. The fourth-order valence-electron chi connectivity index (χ4n) is 1.54. The molecule has 0 aliphatic heterocycles. The maximum Gasteiger partial charge on any atom is 0.119 e. The van der Waals surface area contributed by atoms with E-state index in [0.717, 1.165) is 19.1 Å². The Kier molecular flexibility index (Phi) is 11.9. The van der Waals surface area contributed by atoms with Gasteiger partial charge in [0.25, 0.3) is 0 Å². The molecule has 0 heterocycles. The van der Waals surface area contributed by atoms with Crippen molar-refractivity contribution in [2.24, 2.45) is 0 Å². The van der Waals surface area contributed by atoms with Gasteiger partial charge in [0.15, 0.2) is 0 Å². The molecule has 0 unspecified atom stereocenters. The van der Waals surface area contributed by atoms with Gasteiger partial charge in [-0.05, 0) is 26.2 Å². The van der Waals surface area contributed by atoms with E-state index < -0.39 is 0 Å². The molecule has 0 amide bonds. The summed E-state index contributed by atoms with van der Waals surface area (Å²) < 4.78 is 0. The first kappa shape index (κ1) is 13.4. The van der Waals surface area contributed by atoms with Crippen molar-refractivity contribution in [2.75, 3.05) is 0 Å². The smallest absolute Gasteiger partial charge is 0.119 e. The van der Waals surface area contributed by atoms with E-state index >= 15 is 0 Å². The van der Waals surface area contributed by atoms with Gasteiger partial charge in [-0.1, -0.05) is 44.3 Å². The van der Waals surface area contributed by atoms with Crippen LogP contribution in [0.2, 0.25) is 0 Å². The highest BCUT2D eigenvalue weighted by atomic mass is 16.1. The molecule has 0 radical (unpaired) electrons. The van der Waals surface area contributed by atoms with Crippen molar-refractivity contribution >= 4 is 6.29 Å². The molecule has 0 aliphatic rings. The summed E-state index contributed by atoms with van der Waals surface area (Å²) in [5, 5.41) is 0. The molecule has 0 spiro atoms. The molecule has 0 aromatic carbocycles. The fourth-order valence-corrected chi connectivity index (χ4v) is 1.54. The van der Waals surface area contributed by atoms with Crippen LogP contribution in [0.25, 0.3) is 0 Å². The molecule has 0 aromatic rings. The van der Waals surface area contributed by atoms with Crippen LogP contribution in [0, 0.1) is 0 Å². The monoisotopic (exact) mass is 196 g/mol. The zero-order valence-electron chi connectivity index (χ0n) is 9.50. The number of hydrogen-bond donors (Lipinski definition) is 0. The Morgan fingerprint density at radius 2 is 1.29 bits per heavy atom. The molecule has 0 N–H and O–H groups in total. The molecule has 0 atom stereocenters. The van der Waals surface area contributed by atoms with Gasteiger partial charge in [-0.3, -0.25) is 0 Å². The maximum absolute atomic E-state index is 10.0. The Morgan fingerprint density at radius 1 is 0.786 bits per heavy atom. The largest absolute Gasteiger partial charge is 0.303 e. The zero-order valence-corrected chi connectivity index (χ0v) is 9.50. The van der Waals surface area contributed by atoms with Crippen LogP contribution in [-0.4, -0.2) is 6.29 Å². The Bertz CT molecular complexity index is 138. The summed E-state index contributed by atoms with van der Waals surface area (Å²) >= 11 is 0. The van der Waals surface area contributed by atoms with Gasteiger partial charge in [0.1, 0.15) is 6.29 Å². The summed E-state index contributed by atoms with van der Waals surface area (Å²) in [5.74, 6) is 0. The van der Waals surface area contributed by atoms with Crippen LogP contribution >= 0.6 is 0 Å². The van der Waals surface area contributed by atoms with Gasteiger partial charge in [-0.2, -0.15) is 0 Å². The molecular weight excluding hydrogens is 172 g/mol. The first-order valence-electron chi connectivity index (χ1n) is 5.96. The van der Waals surface area contributed by atoms with E-state index in [-0.39, 0.29) is 0 Å². The van der Waals surface area contributed by atoms with Gasteiger partial charge in [0.05, 0.1) is 0 Å². The third-order valence-electron chi connectivity index (χ3n) is 2.43. The molecule has 14 heavy (non-hydrogen) atoms. The SMILES string of the molecule is CC=CCCCCCCCCCC=O. The minimum Gasteiger partial charge on any atom is -0.303 e. The van der Waals surface area contributed by atoms with Gasteiger partial charge in [0, 0.05) is 6.42 Å². The fraction of sp³-hybridized carbons (Fsp3) is 0.769. The quantitative estimate of drug-likeness (QED) is 0.290. The third-order valence-corrected chi connectivity index (χ3v) is 2.43. The van der Waals surface area contributed by atoms with Crippen LogP contribution < -0.4 is 0 Å². The van der Waals surface area contributed by atoms with Crippen molar-refractivity contribution < 1.29 is 4.79 Å². The number of aldehydes is 1. The Morgan fingerprint density at radius 3 is 1.79 bits per heavy atom. The molecule has 0 saturated carbocycles. The molecule has 0 bridgehead atoms. The topological polar surface area (TPSA) is 17.1 Å². The summed E-state index contributed by atoms with van der Waals surface area (Å²) in [4.78, 5) is 10.0. The second-order valence-electron chi connectivity index (χ2n) is 3.79. The van der Waals surface area contributed by atoms with Gasteiger partial charge in [-0.15, -0.1) is 0 Å². The lowest BCUT2D eigenvalue weighted by molar-refractivity contribution is -0.107. The highest BCUT2D eigenvalue weighted by molar-refractivity contribution is 5.48. The Labute approximate surface area is 88.6 Å². The zero-order chi connectivity index (χ0) is 10.5. The van der Waals surface area contributed by atoms with Crippen LogP contribution in [0.4, 0.5) is 0 Å². The molecule has 1 nitrogen and oxygen atoms in total. The number of allylic oxidation sites excluding steroid dienone is 2. The van der Waals surface area contributed by atoms with E-state index in [0.29, 0.717) is 0 Å². The van der Waals surface area contributed by atoms with Crippen LogP contribution in [0.3, 0.4) is 0 Å². The first-order chi connectivity index (χ1) is 6.91. The van der Waals surface area contributed by atoms with Gasteiger partial charge in [0.2, 0.25) is 0 Å². The summed E-state index contributed by atoms with van der Waals surface area (Å²) in [6.45, 7) is 2.08. The molecule has 0 aliphatic carbocycles. The van der Waals surface area contributed by atoms with Crippen molar-refractivity contribution in [3.05, 3.63) is 12.2 Å². The predicted molar refractivity (Wildman–Crippen MR) is 62.4 cm³/mol. The first-order valence-corrected chi connectivity index (χ1v) is 5.96. The molecule has 0 aromatic heterocycles. The summed E-state index contributed by atoms with van der Waals surface area (Å²) in [6.07, 6.45) is 16.4. The Hall–Kier alpha value is -0.590. The lowest BCUT2D eigenvalue weighted by Gasteiger charge is -1.99. The van der Waals surface area contributed by atoms with Crippen molar-refractivity contribution in [1.29, 1.82) is 0 Å². The van der Waals surface area contributed by atoms with E-state index in [4.69, 9.17) is 0 Å². The van der Waals surface area contributed by atoms with E-state index in [1.54, 1.807) is 0 Å². The van der Waals surface area contributed by atoms with Crippen molar-refractivity contribution in [1.82, 2.24) is 0 Å². The van der Waals surface area contributed by atoms with Crippen molar-refractivity contribution in [3.63, 3.8) is 0 Å². The lowest BCUT2D eigenvalue weighted by atomic mass is 10.1. The summed E-state index contributed by atoms with van der Waals surface area (Å²) in [7, 11) is 0. The summed E-state index contributed by atoms with van der Waals surface area (Å²) in [5.41, 5.74) is 0. The molecule has 1 heteroatoms.